The van der Waals surface area contributed by atoms with Gasteiger partial charge in [-0.3, -0.25) is 0 Å². The predicted octanol–water partition coefficient (Wildman–Crippen LogP) is 2.90. The number of aromatic nitrogens is 2. The van der Waals surface area contributed by atoms with Crippen molar-refractivity contribution in [1.82, 2.24) is 10.2 Å². The van der Waals surface area contributed by atoms with Crippen LogP contribution in [0.2, 0.25) is 0 Å². The lowest BCUT2D eigenvalue weighted by Gasteiger charge is -2.13. The first-order valence-corrected chi connectivity index (χ1v) is 7.37. The molecule has 1 aromatic carbocycles. The molecule has 1 aromatic heterocycles. The van der Waals surface area contributed by atoms with Crippen LogP contribution in [0.3, 0.4) is 0 Å². The summed E-state index contributed by atoms with van der Waals surface area (Å²) in [6.45, 7) is 3.68. The zero-order valence-corrected chi connectivity index (χ0v) is 11.7. The van der Waals surface area contributed by atoms with Crippen molar-refractivity contribution in [1.29, 1.82) is 0 Å². The topological polar surface area (TPSA) is 47.0 Å². The van der Waals surface area contributed by atoms with Crippen LogP contribution in [-0.4, -0.2) is 23.3 Å². The molecular formula is C14H17N3OS. The number of para-hydroxylation sites is 1. The van der Waals surface area contributed by atoms with Crippen molar-refractivity contribution in [3.8, 4) is 5.75 Å². The van der Waals surface area contributed by atoms with Crippen LogP contribution in [0.15, 0.2) is 24.3 Å². The van der Waals surface area contributed by atoms with Crippen molar-refractivity contribution in [2.24, 2.45) is 5.92 Å². The molecule has 0 saturated carbocycles. The standard InChI is InChI=1S/C14H17N3OS/c1-10-16-17-14(19-10)15-9-11-6-7-18-13-5-3-2-4-12(13)8-11/h2-5,11H,6-9H2,1H3,(H,15,17)/t11-/m1/s1. The average Bonchev–Trinajstić information content (AvgIpc) is 2.72. The zero-order valence-electron chi connectivity index (χ0n) is 10.9. The van der Waals surface area contributed by atoms with Gasteiger partial charge in [-0.05, 0) is 37.3 Å². The molecule has 4 nitrogen and oxygen atoms in total. The average molecular weight is 275 g/mol. The number of aryl methyl sites for hydroxylation is 1. The SMILES string of the molecule is Cc1nnc(NC[C@@H]2CCOc3ccccc3C2)s1. The minimum Gasteiger partial charge on any atom is -0.493 e. The van der Waals surface area contributed by atoms with Crippen LogP contribution in [0, 0.1) is 12.8 Å². The molecule has 0 spiro atoms. The molecule has 2 heterocycles. The van der Waals surface area contributed by atoms with Crippen molar-refractivity contribution in [2.45, 2.75) is 19.8 Å². The largest absolute Gasteiger partial charge is 0.493 e. The molecule has 1 aliphatic heterocycles. The Morgan fingerprint density at radius 3 is 3.11 bits per heavy atom. The van der Waals surface area contributed by atoms with Gasteiger partial charge in [-0.25, -0.2) is 0 Å². The van der Waals surface area contributed by atoms with E-state index in [1.807, 2.05) is 13.0 Å². The summed E-state index contributed by atoms with van der Waals surface area (Å²) in [7, 11) is 0. The molecule has 0 bridgehead atoms. The van der Waals surface area contributed by atoms with Crippen molar-refractivity contribution in [2.75, 3.05) is 18.5 Å². The molecule has 1 N–H and O–H groups in total. The second kappa shape index (κ2) is 5.57. The maximum Gasteiger partial charge on any atom is 0.205 e. The van der Waals surface area contributed by atoms with Gasteiger partial charge in [0, 0.05) is 6.54 Å². The minimum atomic E-state index is 0.577. The van der Waals surface area contributed by atoms with Crippen LogP contribution in [0.4, 0.5) is 5.13 Å². The van der Waals surface area contributed by atoms with Gasteiger partial charge in [-0.1, -0.05) is 29.5 Å². The van der Waals surface area contributed by atoms with E-state index >= 15 is 0 Å². The van der Waals surface area contributed by atoms with Crippen LogP contribution in [0.25, 0.3) is 0 Å². The normalized spacial score (nSPS) is 18.3. The molecule has 19 heavy (non-hydrogen) atoms. The van der Waals surface area contributed by atoms with E-state index in [0.717, 1.165) is 41.9 Å². The first-order chi connectivity index (χ1) is 9.31. The van der Waals surface area contributed by atoms with E-state index in [4.69, 9.17) is 4.74 Å². The highest BCUT2D eigenvalue weighted by Gasteiger charge is 2.17. The Bertz CT molecular complexity index is 555. The summed E-state index contributed by atoms with van der Waals surface area (Å²) < 4.78 is 5.78. The molecule has 1 aliphatic rings. The van der Waals surface area contributed by atoms with Gasteiger partial charge in [0.25, 0.3) is 0 Å². The lowest BCUT2D eigenvalue weighted by Crippen LogP contribution is -2.17. The summed E-state index contributed by atoms with van der Waals surface area (Å²) in [4.78, 5) is 0. The van der Waals surface area contributed by atoms with Crippen molar-refractivity contribution >= 4 is 16.5 Å². The van der Waals surface area contributed by atoms with Gasteiger partial charge in [0.2, 0.25) is 5.13 Å². The Balaban J connectivity index is 1.63. The molecule has 0 unspecified atom stereocenters. The molecule has 0 fully saturated rings. The third-order valence-electron chi connectivity index (χ3n) is 3.33. The van der Waals surface area contributed by atoms with Crippen LogP contribution in [0.1, 0.15) is 17.0 Å². The number of nitrogens with zero attached hydrogens (tertiary/aromatic N) is 2. The molecule has 0 amide bonds. The molecule has 0 saturated heterocycles. The highest BCUT2D eigenvalue weighted by molar-refractivity contribution is 7.15. The lowest BCUT2D eigenvalue weighted by molar-refractivity contribution is 0.298. The highest BCUT2D eigenvalue weighted by Crippen LogP contribution is 2.27. The number of benzene rings is 1. The van der Waals surface area contributed by atoms with E-state index in [1.165, 1.54) is 5.56 Å². The van der Waals surface area contributed by atoms with Gasteiger partial charge in [-0.15, -0.1) is 10.2 Å². The molecule has 5 heteroatoms. The van der Waals surface area contributed by atoms with Gasteiger partial charge >= 0.3 is 0 Å². The summed E-state index contributed by atoms with van der Waals surface area (Å²) >= 11 is 1.60. The summed E-state index contributed by atoms with van der Waals surface area (Å²) in [6, 6.07) is 8.32. The fraction of sp³-hybridized carbons (Fsp3) is 0.429. The minimum absolute atomic E-state index is 0.577. The second-order valence-electron chi connectivity index (χ2n) is 4.82. The predicted molar refractivity (Wildman–Crippen MR) is 76.9 cm³/mol. The van der Waals surface area contributed by atoms with Gasteiger partial charge in [0.05, 0.1) is 6.61 Å². The number of nitrogens with one attached hydrogen (secondary N) is 1. The van der Waals surface area contributed by atoms with E-state index in [-0.39, 0.29) is 0 Å². The molecule has 1 atom stereocenters. The number of rotatable bonds is 3. The fourth-order valence-electron chi connectivity index (χ4n) is 2.34. The van der Waals surface area contributed by atoms with Gasteiger partial charge in [-0.2, -0.15) is 0 Å². The summed E-state index contributed by atoms with van der Waals surface area (Å²) in [5.74, 6) is 1.62. The number of hydrogen-bond acceptors (Lipinski definition) is 5. The maximum atomic E-state index is 5.78. The monoisotopic (exact) mass is 275 g/mol. The fourth-order valence-corrected chi connectivity index (χ4v) is 2.93. The lowest BCUT2D eigenvalue weighted by atomic mass is 9.97. The number of fused-ring (bicyclic) bond motifs is 1. The summed E-state index contributed by atoms with van der Waals surface area (Å²) in [5.41, 5.74) is 1.31. The van der Waals surface area contributed by atoms with Crippen LogP contribution < -0.4 is 10.1 Å². The number of anilines is 1. The van der Waals surface area contributed by atoms with E-state index < -0.39 is 0 Å². The molecule has 0 aliphatic carbocycles. The second-order valence-corrected chi connectivity index (χ2v) is 6.00. The smallest absolute Gasteiger partial charge is 0.205 e. The van der Waals surface area contributed by atoms with Gasteiger partial charge < -0.3 is 10.1 Å². The van der Waals surface area contributed by atoms with E-state index in [2.05, 4.69) is 33.7 Å². The summed E-state index contributed by atoms with van der Waals surface area (Å²) in [5, 5.41) is 13.4. The maximum absolute atomic E-state index is 5.78. The zero-order chi connectivity index (χ0) is 13.1. The van der Waals surface area contributed by atoms with E-state index in [9.17, 15) is 0 Å². The molecule has 100 valence electrons. The Labute approximate surface area is 116 Å². The summed E-state index contributed by atoms with van der Waals surface area (Å²) in [6.07, 6.45) is 2.13. The van der Waals surface area contributed by atoms with Crippen molar-refractivity contribution < 1.29 is 4.74 Å². The molecule has 0 radical (unpaired) electrons. The van der Waals surface area contributed by atoms with Crippen LogP contribution >= 0.6 is 11.3 Å². The Morgan fingerprint density at radius 2 is 2.26 bits per heavy atom. The van der Waals surface area contributed by atoms with E-state index in [1.54, 1.807) is 11.3 Å². The van der Waals surface area contributed by atoms with Gasteiger partial charge in [0.1, 0.15) is 10.8 Å². The van der Waals surface area contributed by atoms with Gasteiger partial charge in [0.15, 0.2) is 0 Å². The number of hydrogen-bond donors (Lipinski definition) is 1. The van der Waals surface area contributed by atoms with Crippen molar-refractivity contribution in [3.05, 3.63) is 34.8 Å². The Morgan fingerprint density at radius 1 is 1.37 bits per heavy atom. The Kier molecular flexibility index (Phi) is 3.64. The third-order valence-corrected chi connectivity index (χ3v) is 4.13. The molecule has 3 rings (SSSR count). The van der Waals surface area contributed by atoms with Crippen molar-refractivity contribution in [3.63, 3.8) is 0 Å². The Hall–Kier alpha value is -1.62. The van der Waals surface area contributed by atoms with E-state index in [0.29, 0.717) is 5.92 Å². The first kappa shape index (κ1) is 12.4. The third kappa shape index (κ3) is 3.04. The highest BCUT2D eigenvalue weighted by atomic mass is 32.1. The molecular weight excluding hydrogens is 258 g/mol. The first-order valence-electron chi connectivity index (χ1n) is 6.56. The van der Waals surface area contributed by atoms with Crippen LogP contribution in [-0.2, 0) is 6.42 Å². The molecule has 2 aromatic rings. The quantitative estimate of drug-likeness (QED) is 0.935. The van der Waals surface area contributed by atoms with Crippen LogP contribution in [0.5, 0.6) is 5.75 Å². The number of ether oxygens (including phenoxy) is 1.